The van der Waals surface area contributed by atoms with Gasteiger partial charge in [-0.15, -0.1) is 11.8 Å². The fourth-order valence-electron chi connectivity index (χ4n) is 3.40. The molecule has 0 unspecified atom stereocenters. The number of aryl methyl sites for hydroxylation is 1. The van der Waals surface area contributed by atoms with Gasteiger partial charge in [-0.1, -0.05) is 24.3 Å². The van der Waals surface area contributed by atoms with Crippen LogP contribution in [0.1, 0.15) is 12.0 Å². The van der Waals surface area contributed by atoms with E-state index in [0.29, 0.717) is 18.0 Å². The van der Waals surface area contributed by atoms with E-state index < -0.39 is 0 Å². The summed E-state index contributed by atoms with van der Waals surface area (Å²) in [5.41, 5.74) is 1.97. The standard InChI is InChI=1S/C19H17FN2O2S/c20-14-7-3-5-13-6-4-10-21(19(13)14)17(23)11-22-15-8-1-2-9-16(15)25-12-18(22)24/h1-3,5,7-9H,4,6,10-12H2. The smallest absolute Gasteiger partial charge is 0.247 e. The Morgan fingerprint density at radius 2 is 2.00 bits per heavy atom. The Bertz CT molecular complexity index is 855. The first-order valence-electron chi connectivity index (χ1n) is 8.25. The highest BCUT2D eigenvalue weighted by Crippen LogP contribution is 2.35. The van der Waals surface area contributed by atoms with E-state index in [-0.39, 0.29) is 24.2 Å². The summed E-state index contributed by atoms with van der Waals surface area (Å²) in [5, 5.41) is 0. The highest BCUT2D eigenvalue weighted by molar-refractivity contribution is 8.00. The fourth-order valence-corrected chi connectivity index (χ4v) is 4.34. The molecular formula is C19H17FN2O2S. The lowest BCUT2D eigenvalue weighted by molar-refractivity contribution is -0.121. The monoisotopic (exact) mass is 356 g/mol. The molecule has 0 atom stereocenters. The van der Waals surface area contributed by atoms with Crippen molar-refractivity contribution in [2.75, 3.05) is 28.6 Å². The number of halogens is 1. The van der Waals surface area contributed by atoms with Gasteiger partial charge in [-0.3, -0.25) is 9.59 Å². The van der Waals surface area contributed by atoms with Gasteiger partial charge >= 0.3 is 0 Å². The molecule has 4 rings (SSSR count). The van der Waals surface area contributed by atoms with Gasteiger partial charge in [-0.2, -0.15) is 0 Å². The number of benzene rings is 2. The SMILES string of the molecule is O=C1CSc2ccccc2N1CC(=O)N1CCCc2cccc(F)c21. The maximum atomic E-state index is 14.3. The van der Waals surface area contributed by atoms with Gasteiger partial charge < -0.3 is 9.80 Å². The molecule has 2 heterocycles. The molecule has 2 aliphatic heterocycles. The second-order valence-electron chi connectivity index (χ2n) is 6.13. The first-order chi connectivity index (χ1) is 12.1. The molecule has 0 aromatic heterocycles. The average Bonchev–Trinajstić information content (AvgIpc) is 2.64. The summed E-state index contributed by atoms with van der Waals surface area (Å²) in [6, 6.07) is 12.5. The van der Waals surface area contributed by atoms with Crippen LogP contribution in [0.5, 0.6) is 0 Å². The van der Waals surface area contributed by atoms with Crippen molar-refractivity contribution >= 4 is 35.0 Å². The number of rotatable bonds is 2. The second kappa shape index (κ2) is 6.52. The third kappa shape index (κ3) is 2.91. The molecule has 0 saturated heterocycles. The lowest BCUT2D eigenvalue weighted by Gasteiger charge is -2.33. The van der Waals surface area contributed by atoms with Gasteiger partial charge in [0.15, 0.2) is 0 Å². The van der Waals surface area contributed by atoms with E-state index in [1.165, 1.54) is 27.6 Å². The number of fused-ring (bicyclic) bond motifs is 2. The molecule has 2 amide bonds. The van der Waals surface area contributed by atoms with E-state index in [1.54, 1.807) is 6.07 Å². The number of anilines is 2. The molecule has 25 heavy (non-hydrogen) atoms. The van der Waals surface area contributed by atoms with Crippen LogP contribution in [-0.4, -0.2) is 30.7 Å². The van der Waals surface area contributed by atoms with Crippen LogP contribution < -0.4 is 9.80 Å². The van der Waals surface area contributed by atoms with E-state index in [4.69, 9.17) is 0 Å². The first kappa shape index (κ1) is 16.1. The molecular weight excluding hydrogens is 339 g/mol. The minimum Gasteiger partial charge on any atom is -0.308 e. The molecule has 0 spiro atoms. The maximum absolute atomic E-state index is 14.3. The number of hydrogen-bond donors (Lipinski definition) is 0. The highest BCUT2D eigenvalue weighted by Gasteiger charge is 2.31. The van der Waals surface area contributed by atoms with E-state index >= 15 is 0 Å². The summed E-state index contributed by atoms with van der Waals surface area (Å²) in [6.07, 6.45) is 1.56. The van der Waals surface area contributed by atoms with Gasteiger partial charge in [0.1, 0.15) is 12.4 Å². The van der Waals surface area contributed by atoms with Crippen LogP contribution in [0.15, 0.2) is 47.4 Å². The van der Waals surface area contributed by atoms with Crippen molar-refractivity contribution in [2.45, 2.75) is 17.7 Å². The minimum absolute atomic E-state index is 0.0653. The quantitative estimate of drug-likeness (QED) is 0.829. The van der Waals surface area contributed by atoms with Crippen LogP contribution in [0, 0.1) is 5.82 Å². The Balaban J connectivity index is 1.63. The van der Waals surface area contributed by atoms with Gasteiger partial charge in [-0.25, -0.2) is 4.39 Å². The number of nitrogens with zero attached hydrogens (tertiary/aromatic N) is 2. The predicted octanol–water partition coefficient (Wildman–Crippen LogP) is 3.24. The third-order valence-corrected chi connectivity index (χ3v) is 5.62. The number of carbonyl (C=O) groups excluding carboxylic acids is 2. The first-order valence-corrected chi connectivity index (χ1v) is 9.23. The van der Waals surface area contributed by atoms with Crippen LogP contribution >= 0.6 is 11.8 Å². The Hall–Kier alpha value is -2.34. The Kier molecular flexibility index (Phi) is 4.21. The lowest BCUT2D eigenvalue weighted by Crippen LogP contribution is -2.46. The van der Waals surface area contributed by atoms with Gasteiger partial charge in [0.2, 0.25) is 11.8 Å². The zero-order valence-electron chi connectivity index (χ0n) is 13.6. The molecule has 128 valence electrons. The normalized spacial score (nSPS) is 16.4. The highest BCUT2D eigenvalue weighted by atomic mass is 32.2. The molecule has 0 radical (unpaired) electrons. The van der Waals surface area contributed by atoms with Gasteiger partial charge in [0, 0.05) is 11.4 Å². The minimum atomic E-state index is -0.383. The van der Waals surface area contributed by atoms with Crippen molar-refractivity contribution in [3.05, 3.63) is 53.8 Å². The van der Waals surface area contributed by atoms with Crippen LogP contribution in [0.3, 0.4) is 0 Å². The summed E-state index contributed by atoms with van der Waals surface area (Å²) in [6.45, 7) is 0.412. The predicted molar refractivity (Wildman–Crippen MR) is 96.6 cm³/mol. The van der Waals surface area contributed by atoms with Crippen molar-refractivity contribution in [3.8, 4) is 0 Å². The number of para-hydroxylation sites is 2. The number of carbonyl (C=O) groups is 2. The summed E-state index contributed by atoms with van der Waals surface area (Å²) in [4.78, 5) is 29.2. The zero-order valence-corrected chi connectivity index (χ0v) is 14.4. The van der Waals surface area contributed by atoms with Crippen LogP contribution in [0.4, 0.5) is 15.8 Å². The van der Waals surface area contributed by atoms with Crippen LogP contribution in [-0.2, 0) is 16.0 Å². The fraction of sp³-hybridized carbons (Fsp3) is 0.263. The molecule has 0 N–H and O–H groups in total. The molecule has 0 fully saturated rings. The number of amides is 2. The molecule has 4 nitrogen and oxygen atoms in total. The summed E-state index contributed by atoms with van der Waals surface area (Å²) in [5.74, 6) is -0.412. The third-order valence-electron chi connectivity index (χ3n) is 4.57. The Morgan fingerprint density at radius 3 is 2.88 bits per heavy atom. The largest absolute Gasteiger partial charge is 0.308 e. The number of thioether (sulfide) groups is 1. The maximum Gasteiger partial charge on any atom is 0.247 e. The van der Waals surface area contributed by atoms with Crippen molar-refractivity contribution in [2.24, 2.45) is 0 Å². The van der Waals surface area contributed by atoms with E-state index in [9.17, 15) is 14.0 Å². The Morgan fingerprint density at radius 1 is 1.16 bits per heavy atom. The molecule has 2 aromatic rings. The average molecular weight is 356 g/mol. The van der Waals surface area contributed by atoms with E-state index in [1.807, 2.05) is 30.3 Å². The van der Waals surface area contributed by atoms with Crippen molar-refractivity contribution in [1.29, 1.82) is 0 Å². The van der Waals surface area contributed by atoms with Gasteiger partial charge in [0.05, 0.1) is 17.1 Å². The van der Waals surface area contributed by atoms with E-state index in [2.05, 4.69) is 0 Å². The molecule has 0 saturated carbocycles. The van der Waals surface area contributed by atoms with Crippen molar-refractivity contribution in [3.63, 3.8) is 0 Å². The lowest BCUT2D eigenvalue weighted by atomic mass is 10.0. The number of hydrogen-bond acceptors (Lipinski definition) is 3. The van der Waals surface area contributed by atoms with Crippen molar-refractivity contribution < 1.29 is 14.0 Å². The van der Waals surface area contributed by atoms with Crippen LogP contribution in [0.2, 0.25) is 0 Å². The second-order valence-corrected chi connectivity index (χ2v) is 7.15. The molecule has 2 aliphatic rings. The topological polar surface area (TPSA) is 40.6 Å². The van der Waals surface area contributed by atoms with Crippen LogP contribution in [0.25, 0.3) is 0 Å². The molecule has 0 bridgehead atoms. The van der Waals surface area contributed by atoms with Gasteiger partial charge in [0.25, 0.3) is 0 Å². The molecule has 0 aliphatic carbocycles. The van der Waals surface area contributed by atoms with Crippen molar-refractivity contribution in [1.82, 2.24) is 0 Å². The summed E-state index contributed by atoms with van der Waals surface area (Å²) >= 11 is 1.48. The summed E-state index contributed by atoms with van der Waals surface area (Å²) < 4.78 is 14.3. The zero-order chi connectivity index (χ0) is 17.4. The molecule has 2 aromatic carbocycles. The molecule has 6 heteroatoms. The Labute approximate surface area is 149 Å². The van der Waals surface area contributed by atoms with Gasteiger partial charge in [-0.05, 0) is 36.6 Å². The summed E-state index contributed by atoms with van der Waals surface area (Å²) in [7, 11) is 0. The van der Waals surface area contributed by atoms with E-state index in [0.717, 1.165) is 29.0 Å².